The summed E-state index contributed by atoms with van der Waals surface area (Å²) in [6.07, 6.45) is 2.92. The van der Waals surface area contributed by atoms with Gasteiger partial charge in [0.15, 0.2) is 5.11 Å². The van der Waals surface area contributed by atoms with Crippen LogP contribution in [0.3, 0.4) is 0 Å². The highest BCUT2D eigenvalue weighted by molar-refractivity contribution is 7.80. The maximum Gasteiger partial charge on any atom is 0.328 e. The van der Waals surface area contributed by atoms with Gasteiger partial charge in [0.25, 0.3) is 5.91 Å². The van der Waals surface area contributed by atoms with Crippen LogP contribution in [0.1, 0.15) is 38.7 Å². The standard InChI is InChI=1S/C24H31N3O3S/c1-18(2)21(22(29)30-3)25-23(31)27-16-13-24(17-27)11-14-26(15-12-24)20(28)10-9-19-7-5-4-6-8-19/h4-8,18,21H,11-17H2,1-3H3,(H,25,31). The second-order valence-corrected chi connectivity index (χ2v) is 9.16. The lowest BCUT2D eigenvalue weighted by atomic mass is 9.78. The molecule has 1 unspecified atom stereocenters. The monoisotopic (exact) mass is 441 g/mol. The van der Waals surface area contributed by atoms with Crippen LogP contribution >= 0.6 is 12.2 Å². The van der Waals surface area contributed by atoms with E-state index in [1.165, 1.54) is 7.11 Å². The van der Waals surface area contributed by atoms with Gasteiger partial charge in [-0.1, -0.05) is 38.0 Å². The van der Waals surface area contributed by atoms with Crippen LogP contribution in [0.2, 0.25) is 0 Å². The molecule has 1 aromatic rings. The zero-order valence-electron chi connectivity index (χ0n) is 18.5. The molecule has 0 saturated carbocycles. The Morgan fingerprint density at radius 1 is 1.10 bits per heavy atom. The van der Waals surface area contributed by atoms with E-state index in [1.54, 1.807) is 0 Å². The zero-order chi connectivity index (χ0) is 22.4. The van der Waals surface area contributed by atoms with E-state index >= 15 is 0 Å². The molecule has 1 N–H and O–H groups in total. The number of thiocarbonyl (C=S) groups is 1. The van der Waals surface area contributed by atoms with E-state index in [2.05, 4.69) is 22.1 Å². The molecule has 1 atom stereocenters. The lowest BCUT2D eigenvalue weighted by Gasteiger charge is -2.38. The van der Waals surface area contributed by atoms with E-state index in [1.807, 2.05) is 49.1 Å². The molecule has 2 fully saturated rings. The van der Waals surface area contributed by atoms with Crippen LogP contribution in [0, 0.1) is 23.2 Å². The van der Waals surface area contributed by atoms with Crippen molar-refractivity contribution in [3.63, 3.8) is 0 Å². The smallest absolute Gasteiger partial charge is 0.328 e. The number of rotatable bonds is 3. The Morgan fingerprint density at radius 2 is 1.71 bits per heavy atom. The molecular weight excluding hydrogens is 410 g/mol. The molecule has 7 heteroatoms. The first-order chi connectivity index (χ1) is 14.8. The average molecular weight is 442 g/mol. The Labute approximate surface area is 190 Å². The molecular formula is C24H31N3O3S. The first-order valence-electron chi connectivity index (χ1n) is 10.8. The fourth-order valence-electron chi connectivity index (χ4n) is 4.28. The Bertz CT molecular complexity index is 867. The zero-order valence-corrected chi connectivity index (χ0v) is 19.3. The summed E-state index contributed by atoms with van der Waals surface area (Å²) in [6, 6.07) is 9.12. The first-order valence-corrected chi connectivity index (χ1v) is 11.2. The number of carbonyl (C=O) groups excluding carboxylic acids is 2. The van der Waals surface area contributed by atoms with Gasteiger partial charge < -0.3 is 19.9 Å². The van der Waals surface area contributed by atoms with Gasteiger partial charge in [0.05, 0.1) is 7.11 Å². The fourth-order valence-corrected chi connectivity index (χ4v) is 4.56. The molecule has 0 bridgehead atoms. The normalized spacial score (nSPS) is 18.3. The van der Waals surface area contributed by atoms with Crippen LogP contribution < -0.4 is 5.32 Å². The molecule has 31 heavy (non-hydrogen) atoms. The number of piperidine rings is 1. The molecule has 6 nitrogen and oxygen atoms in total. The van der Waals surface area contributed by atoms with E-state index in [9.17, 15) is 9.59 Å². The number of hydrogen-bond acceptors (Lipinski definition) is 4. The van der Waals surface area contributed by atoms with Gasteiger partial charge in [-0.2, -0.15) is 0 Å². The minimum atomic E-state index is -0.447. The van der Waals surface area contributed by atoms with E-state index in [0.29, 0.717) is 18.2 Å². The SMILES string of the molecule is COC(=O)C(NC(=S)N1CCC2(CCN(C(=O)C#Cc3ccccc3)CC2)C1)C(C)C. The van der Waals surface area contributed by atoms with Gasteiger partial charge in [-0.05, 0) is 54.9 Å². The molecule has 2 heterocycles. The average Bonchev–Trinajstić information content (AvgIpc) is 3.19. The van der Waals surface area contributed by atoms with Crippen molar-refractivity contribution in [2.24, 2.45) is 11.3 Å². The summed E-state index contributed by atoms with van der Waals surface area (Å²) in [5.41, 5.74) is 1.01. The third-order valence-electron chi connectivity index (χ3n) is 6.33. The van der Waals surface area contributed by atoms with Gasteiger partial charge in [-0.25, -0.2) is 4.79 Å². The summed E-state index contributed by atoms with van der Waals surface area (Å²) in [4.78, 5) is 28.5. The number of esters is 1. The molecule has 2 aliphatic heterocycles. The molecule has 1 spiro atoms. The lowest BCUT2D eigenvalue weighted by Crippen LogP contribution is -2.50. The lowest BCUT2D eigenvalue weighted by molar-refractivity contribution is -0.143. The Balaban J connectivity index is 1.52. The van der Waals surface area contributed by atoms with Crippen LogP contribution in [0.25, 0.3) is 0 Å². The third-order valence-corrected chi connectivity index (χ3v) is 6.70. The van der Waals surface area contributed by atoms with Gasteiger partial charge in [-0.15, -0.1) is 0 Å². The predicted octanol–water partition coefficient (Wildman–Crippen LogP) is 2.42. The molecule has 0 aromatic heterocycles. The fraction of sp³-hybridized carbons (Fsp3) is 0.542. The van der Waals surface area contributed by atoms with Crippen molar-refractivity contribution in [2.75, 3.05) is 33.3 Å². The minimum Gasteiger partial charge on any atom is -0.467 e. The predicted molar refractivity (Wildman–Crippen MR) is 124 cm³/mol. The number of methoxy groups -OCH3 is 1. The van der Waals surface area contributed by atoms with Crippen LogP contribution in [0.5, 0.6) is 0 Å². The highest BCUT2D eigenvalue weighted by Crippen LogP contribution is 2.40. The summed E-state index contributed by atoms with van der Waals surface area (Å²) in [5.74, 6) is 5.40. The van der Waals surface area contributed by atoms with Gasteiger partial charge >= 0.3 is 5.97 Å². The number of carbonyl (C=O) groups is 2. The molecule has 1 aromatic carbocycles. The van der Waals surface area contributed by atoms with E-state index < -0.39 is 6.04 Å². The van der Waals surface area contributed by atoms with Crippen LogP contribution in [0.4, 0.5) is 0 Å². The first kappa shape index (κ1) is 23.1. The highest BCUT2D eigenvalue weighted by Gasteiger charge is 2.42. The van der Waals surface area contributed by atoms with Crippen LogP contribution in [-0.2, 0) is 14.3 Å². The second kappa shape index (κ2) is 10.1. The maximum absolute atomic E-state index is 12.5. The number of nitrogens with one attached hydrogen (secondary N) is 1. The molecule has 3 rings (SSSR count). The van der Waals surface area contributed by atoms with Crippen LogP contribution in [-0.4, -0.2) is 66.1 Å². The van der Waals surface area contributed by atoms with Crippen molar-refractivity contribution < 1.29 is 14.3 Å². The summed E-state index contributed by atoms with van der Waals surface area (Å²) in [7, 11) is 1.40. The Morgan fingerprint density at radius 3 is 2.29 bits per heavy atom. The molecule has 0 radical (unpaired) electrons. The number of nitrogens with zero attached hydrogens (tertiary/aromatic N) is 2. The Kier molecular flexibility index (Phi) is 7.55. The molecule has 0 aliphatic carbocycles. The summed E-state index contributed by atoms with van der Waals surface area (Å²) < 4.78 is 4.90. The van der Waals surface area contributed by atoms with Crippen molar-refractivity contribution in [1.82, 2.24) is 15.1 Å². The van der Waals surface area contributed by atoms with Crippen molar-refractivity contribution in [3.8, 4) is 11.8 Å². The largest absolute Gasteiger partial charge is 0.467 e. The Hall–Kier alpha value is -2.59. The van der Waals surface area contributed by atoms with Crippen molar-refractivity contribution in [1.29, 1.82) is 0 Å². The van der Waals surface area contributed by atoms with Gasteiger partial charge in [-0.3, -0.25) is 4.79 Å². The maximum atomic E-state index is 12.5. The number of amides is 1. The van der Waals surface area contributed by atoms with Crippen molar-refractivity contribution in [2.45, 2.75) is 39.2 Å². The molecule has 166 valence electrons. The summed E-state index contributed by atoms with van der Waals surface area (Å²) >= 11 is 5.60. The van der Waals surface area contributed by atoms with Gasteiger partial charge in [0.2, 0.25) is 0 Å². The molecule has 1 amide bonds. The third kappa shape index (κ3) is 5.76. The molecule has 2 saturated heterocycles. The van der Waals surface area contributed by atoms with E-state index in [4.69, 9.17) is 17.0 Å². The second-order valence-electron chi connectivity index (χ2n) is 8.77. The topological polar surface area (TPSA) is 61.9 Å². The van der Waals surface area contributed by atoms with Crippen molar-refractivity contribution >= 4 is 29.2 Å². The summed E-state index contributed by atoms with van der Waals surface area (Å²) in [6.45, 7) is 7.08. The number of hydrogen-bond donors (Lipinski definition) is 1. The van der Waals surface area contributed by atoms with Crippen molar-refractivity contribution in [3.05, 3.63) is 35.9 Å². The van der Waals surface area contributed by atoms with E-state index in [-0.39, 0.29) is 23.2 Å². The quantitative estimate of drug-likeness (QED) is 0.442. The van der Waals surface area contributed by atoms with E-state index in [0.717, 1.165) is 37.9 Å². The number of ether oxygens (including phenoxy) is 1. The highest BCUT2D eigenvalue weighted by atomic mass is 32.1. The number of benzene rings is 1. The molecule has 2 aliphatic rings. The van der Waals surface area contributed by atoms with Gasteiger partial charge in [0.1, 0.15) is 6.04 Å². The minimum absolute atomic E-state index is 0.0770. The van der Waals surface area contributed by atoms with Gasteiger partial charge in [0, 0.05) is 37.7 Å². The number of likely N-dealkylation sites (tertiary alicyclic amines) is 2. The summed E-state index contributed by atoms with van der Waals surface area (Å²) in [5, 5.41) is 3.80. The van der Waals surface area contributed by atoms with Crippen LogP contribution in [0.15, 0.2) is 30.3 Å².